The number of carbonyl (C=O) groups excluding carboxylic acids is 1. The molecule has 1 aromatic carbocycles. The number of amides is 1. The van der Waals surface area contributed by atoms with Crippen LogP contribution < -0.4 is 5.73 Å². The summed E-state index contributed by atoms with van der Waals surface area (Å²) >= 11 is 0. The van der Waals surface area contributed by atoms with Gasteiger partial charge in [-0.3, -0.25) is 4.98 Å². The van der Waals surface area contributed by atoms with E-state index >= 15 is 0 Å². The number of nitrogens with two attached hydrogens (primary N) is 1. The molecule has 10 nitrogen and oxygen atoms in total. The summed E-state index contributed by atoms with van der Waals surface area (Å²) in [6.45, 7) is 2.07. The Balaban J connectivity index is 1.45. The molecule has 4 aromatic rings. The number of rotatable bonds is 6. The van der Waals surface area contributed by atoms with E-state index < -0.39 is 38.0 Å². The van der Waals surface area contributed by atoms with Gasteiger partial charge in [-0.1, -0.05) is 6.92 Å². The molecule has 5 rings (SSSR count). The van der Waals surface area contributed by atoms with Crippen LogP contribution in [-0.4, -0.2) is 71.5 Å². The first-order valence-electron chi connectivity index (χ1n) is 13.4. The molecule has 1 saturated carbocycles. The van der Waals surface area contributed by atoms with Crippen molar-refractivity contribution >= 4 is 21.4 Å². The number of sulfone groups is 1. The number of pyridine rings is 1. The number of likely N-dealkylation sites (N-methyl/N-ethyl adjacent to an activating group) is 1. The smallest absolute Gasteiger partial charge is 0.409 e. The molecule has 1 fully saturated rings. The molecule has 0 spiro atoms. The lowest BCUT2D eigenvalue weighted by Crippen LogP contribution is -2.55. The average Bonchev–Trinajstić information content (AvgIpc) is 3.33. The highest BCUT2D eigenvalue weighted by molar-refractivity contribution is 7.90. The van der Waals surface area contributed by atoms with E-state index in [0.717, 1.165) is 35.9 Å². The summed E-state index contributed by atoms with van der Waals surface area (Å²) in [6.07, 6.45) is 7.37. The molecule has 0 unspecified atom stereocenters. The number of aromatic nitrogens is 4. The van der Waals surface area contributed by atoms with E-state index in [-0.39, 0.29) is 29.6 Å². The first-order chi connectivity index (χ1) is 19.9. The highest BCUT2D eigenvalue weighted by Gasteiger charge is 2.39. The zero-order valence-corrected chi connectivity index (χ0v) is 24.5. The lowest BCUT2D eigenvalue weighted by atomic mass is 9.72. The van der Waals surface area contributed by atoms with E-state index in [4.69, 9.17) is 10.5 Å². The standard InChI is InChI=1S/C29H32F2N6O4S/c1-16-9-17(10-24(32)28(16)36(2)29(38)41-3)21-7-8-33-14-18(21)11-26-34-15-19-5-6-25(35-37(19)26)27-22(30)12-20(13-23(27)31)42(4,39)40/h5-8,12-17,24,28H,9-11,32H2,1-4H3/t16-,17+,24+,28-/m0/s1. The fraction of sp³-hybridized carbons (Fsp3) is 0.379. The Kier molecular flexibility index (Phi) is 7.99. The Hall–Kier alpha value is -3.97. The quantitative estimate of drug-likeness (QED) is 0.353. The van der Waals surface area contributed by atoms with Gasteiger partial charge >= 0.3 is 6.09 Å². The largest absolute Gasteiger partial charge is 0.453 e. The van der Waals surface area contributed by atoms with Crippen LogP contribution in [0.5, 0.6) is 0 Å². The summed E-state index contributed by atoms with van der Waals surface area (Å²) in [5, 5.41) is 4.47. The van der Waals surface area contributed by atoms with Crippen molar-refractivity contribution in [2.45, 2.75) is 49.1 Å². The summed E-state index contributed by atoms with van der Waals surface area (Å²) in [5.74, 6) is -1.30. The maximum absolute atomic E-state index is 14.9. The van der Waals surface area contributed by atoms with E-state index in [0.29, 0.717) is 24.2 Å². The number of halogens is 2. The minimum atomic E-state index is -3.80. The highest BCUT2D eigenvalue weighted by Crippen LogP contribution is 2.39. The van der Waals surface area contributed by atoms with Gasteiger partial charge in [0.05, 0.1) is 41.0 Å². The van der Waals surface area contributed by atoms with Crippen LogP contribution in [-0.2, 0) is 21.0 Å². The fourth-order valence-corrected chi connectivity index (χ4v) is 6.75. The molecule has 3 heterocycles. The van der Waals surface area contributed by atoms with Crippen molar-refractivity contribution in [2.24, 2.45) is 11.7 Å². The predicted octanol–water partition coefficient (Wildman–Crippen LogP) is 3.97. The van der Waals surface area contributed by atoms with Gasteiger partial charge in [0.2, 0.25) is 0 Å². The molecule has 0 bridgehead atoms. The van der Waals surface area contributed by atoms with Crippen LogP contribution in [0.4, 0.5) is 13.6 Å². The maximum atomic E-state index is 14.9. The van der Waals surface area contributed by atoms with Crippen LogP contribution in [0, 0.1) is 17.6 Å². The van der Waals surface area contributed by atoms with Gasteiger partial charge in [0.25, 0.3) is 0 Å². The summed E-state index contributed by atoms with van der Waals surface area (Å²) in [5.41, 5.74) is 8.76. The number of fused-ring (bicyclic) bond motifs is 1. The van der Waals surface area contributed by atoms with Crippen LogP contribution in [0.2, 0.25) is 0 Å². The van der Waals surface area contributed by atoms with Crippen LogP contribution in [0.1, 0.15) is 42.6 Å². The molecular formula is C29H32F2N6O4S. The van der Waals surface area contributed by atoms with E-state index in [1.165, 1.54) is 17.7 Å². The van der Waals surface area contributed by atoms with Gasteiger partial charge in [-0.15, -0.1) is 0 Å². The molecule has 1 aliphatic rings. The van der Waals surface area contributed by atoms with E-state index in [9.17, 15) is 22.0 Å². The molecule has 0 radical (unpaired) electrons. The van der Waals surface area contributed by atoms with Crippen LogP contribution in [0.25, 0.3) is 16.8 Å². The van der Waals surface area contributed by atoms with Crippen molar-refractivity contribution in [3.05, 3.63) is 77.5 Å². The average molecular weight is 599 g/mol. The minimum Gasteiger partial charge on any atom is -0.453 e. The second kappa shape index (κ2) is 11.4. The molecule has 0 aliphatic heterocycles. The summed E-state index contributed by atoms with van der Waals surface area (Å²) < 4.78 is 59.9. The van der Waals surface area contributed by atoms with Gasteiger partial charge in [0.15, 0.2) is 9.84 Å². The fourth-order valence-electron chi connectivity index (χ4n) is 6.11. The van der Waals surface area contributed by atoms with Gasteiger partial charge in [-0.25, -0.2) is 31.5 Å². The van der Waals surface area contributed by atoms with Crippen LogP contribution >= 0.6 is 0 Å². The second-order valence-electron chi connectivity index (χ2n) is 10.9. The molecule has 4 atom stereocenters. The third-order valence-electron chi connectivity index (χ3n) is 8.03. The van der Waals surface area contributed by atoms with E-state index in [2.05, 4.69) is 22.0 Å². The van der Waals surface area contributed by atoms with Gasteiger partial charge in [-0.05, 0) is 66.1 Å². The van der Waals surface area contributed by atoms with Crippen LogP contribution in [0.15, 0.2) is 53.8 Å². The lowest BCUT2D eigenvalue weighted by molar-refractivity contribution is 0.0777. The molecule has 42 heavy (non-hydrogen) atoms. The third kappa shape index (κ3) is 5.58. The number of hydrogen-bond donors (Lipinski definition) is 1. The van der Waals surface area contributed by atoms with Crippen molar-refractivity contribution in [3.8, 4) is 11.3 Å². The Morgan fingerprint density at radius 3 is 2.52 bits per heavy atom. The predicted molar refractivity (Wildman–Crippen MR) is 152 cm³/mol. The number of methoxy groups -OCH3 is 1. The zero-order valence-electron chi connectivity index (χ0n) is 23.7. The van der Waals surface area contributed by atoms with Gasteiger partial charge < -0.3 is 15.4 Å². The van der Waals surface area contributed by atoms with Gasteiger partial charge in [0, 0.05) is 38.2 Å². The Morgan fingerprint density at radius 1 is 1.17 bits per heavy atom. The first kappa shape index (κ1) is 29.5. The molecule has 13 heteroatoms. The molecule has 3 aromatic heterocycles. The summed E-state index contributed by atoms with van der Waals surface area (Å²) in [6, 6.07) is 6.23. The number of ether oxygens (including phenoxy) is 1. The summed E-state index contributed by atoms with van der Waals surface area (Å²) in [7, 11) is -0.747. The third-order valence-corrected chi connectivity index (χ3v) is 9.12. The SMILES string of the molecule is COC(=O)N(C)[C@@H]1[C@H](N)C[C@H](c2ccncc2Cc2ncc3ccc(-c4c(F)cc(S(C)(=O)=O)cc4F)nn23)C[C@@H]1C. The Bertz CT molecular complexity index is 1730. The number of carbonyl (C=O) groups is 1. The number of nitrogens with zero attached hydrogens (tertiary/aromatic N) is 5. The second-order valence-corrected chi connectivity index (χ2v) is 12.9. The molecule has 0 saturated heterocycles. The zero-order chi connectivity index (χ0) is 30.3. The Labute approximate surface area is 242 Å². The van der Waals surface area contributed by atoms with Crippen molar-refractivity contribution in [2.75, 3.05) is 20.4 Å². The lowest BCUT2D eigenvalue weighted by Gasteiger charge is -2.43. The number of imidazole rings is 1. The van der Waals surface area contributed by atoms with Gasteiger partial charge in [-0.2, -0.15) is 5.10 Å². The molecule has 222 valence electrons. The van der Waals surface area contributed by atoms with Crippen LogP contribution in [0.3, 0.4) is 0 Å². The van der Waals surface area contributed by atoms with Crippen molar-refractivity contribution in [3.63, 3.8) is 0 Å². The molecule has 2 N–H and O–H groups in total. The monoisotopic (exact) mass is 598 g/mol. The normalized spacial score (nSPS) is 20.9. The van der Waals surface area contributed by atoms with E-state index in [1.54, 1.807) is 36.6 Å². The summed E-state index contributed by atoms with van der Waals surface area (Å²) in [4.78, 5) is 22.1. The molecule has 1 amide bonds. The first-order valence-corrected chi connectivity index (χ1v) is 15.3. The Morgan fingerprint density at radius 2 is 1.88 bits per heavy atom. The minimum absolute atomic E-state index is 0.00365. The van der Waals surface area contributed by atoms with E-state index in [1.807, 2.05) is 6.07 Å². The number of benzene rings is 1. The maximum Gasteiger partial charge on any atom is 0.409 e. The topological polar surface area (TPSA) is 133 Å². The number of hydrogen-bond acceptors (Lipinski definition) is 8. The highest BCUT2D eigenvalue weighted by atomic mass is 32.2. The molecular weight excluding hydrogens is 566 g/mol. The van der Waals surface area contributed by atoms with Crippen molar-refractivity contribution < 1.29 is 26.7 Å². The van der Waals surface area contributed by atoms with Crippen molar-refractivity contribution in [1.29, 1.82) is 0 Å². The van der Waals surface area contributed by atoms with Gasteiger partial charge in [0.1, 0.15) is 17.5 Å². The molecule has 1 aliphatic carbocycles. The van der Waals surface area contributed by atoms with Crippen molar-refractivity contribution in [1.82, 2.24) is 24.5 Å².